The molecule has 3 heterocycles. The maximum absolute atomic E-state index is 13.1. The van der Waals surface area contributed by atoms with Gasteiger partial charge in [-0.15, -0.1) is 0 Å². The molecule has 4 rings (SSSR count). The van der Waals surface area contributed by atoms with Crippen LogP contribution in [0.5, 0.6) is 11.5 Å². The van der Waals surface area contributed by atoms with Crippen LogP contribution in [0.15, 0.2) is 18.2 Å². The Morgan fingerprint density at radius 3 is 2.57 bits per heavy atom. The highest BCUT2D eigenvalue weighted by Crippen LogP contribution is 2.33. The molecule has 160 valence electrons. The third-order valence-electron chi connectivity index (χ3n) is 5.63. The molecular weight excluding hydrogens is 386 g/mol. The minimum Gasteiger partial charge on any atom is -0.462 e. The molecule has 0 aliphatic carbocycles. The van der Waals surface area contributed by atoms with Crippen molar-refractivity contribution >= 4 is 11.9 Å². The molecule has 1 aromatic carbocycles. The number of benzene rings is 1. The lowest BCUT2D eigenvalue weighted by atomic mass is 10.1. The molecule has 0 radical (unpaired) electrons. The fraction of sp³-hybridized carbons (Fsp3) is 0.455. The second-order valence-corrected chi connectivity index (χ2v) is 7.60. The van der Waals surface area contributed by atoms with Gasteiger partial charge in [-0.3, -0.25) is 9.69 Å². The van der Waals surface area contributed by atoms with Gasteiger partial charge in [-0.2, -0.15) is 0 Å². The molecule has 30 heavy (non-hydrogen) atoms. The first-order valence-corrected chi connectivity index (χ1v) is 10.2. The average molecular weight is 413 g/mol. The number of H-pyrrole nitrogens is 1. The van der Waals surface area contributed by atoms with Crippen molar-refractivity contribution in [1.29, 1.82) is 0 Å². The Kier molecular flexibility index (Phi) is 5.67. The van der Waals surface area contributed by atoms with Gasteiger partial charge in [0.2, 0.25) is 6.79 Å². The van der Waals surface area contributed by atoms with Crippen LogP contribution in [0.25, 0.3) is 0 Å². The number of aromatic amines is 1. The Labute approximate surface area is 175 Å². The van der Waals surface area contributed by atoms with E-state index in [1.165, 1.54) is 0 Å². The van der Waals surface area contributed by atoms with Crippen LogP contribution in [0.4, 0.5) is 0 Å². The number of esters is 1. The summed E-state index contributed by atoms with van der Waals surface area (Å²) >= 11 is 0. The summed E-state index contributed by atoms with van der Waals surface area (Å²) in [6.07, 6.45) is 0. The number of amides is 1. The van der Waals surface area contributed by atoms with Crippen molar-refractivity contribution in [3.63, 3.8) is 0 Å². The van der Waals surface area contributed by atoms with Gasteiger partial charge in [-0.1, -0.05) is 6.07 Å². The minimum atomic E-state index is -0.392. The van der Waals surface area contributed by atoms with Crippen molar-refractivity contribution in [1.82, 2.24) is 14.8 Å². The lowest BCUT2D eigenvalue weighted by molar-refractivity contribution is 0.0525. The molecule has 0 saturated carbocycles. The maximum Gasteiger partial charge on any atom is 0.340 e. The number of carbonyl (C=O) groups is 2. The van der Waals surface area contributed by atoms with Crippen molar-refractivity contribution < 1.29 is 23.8 Å². The third kappa shape index (κ3) is 3.87. The number of rotatable bonds is 5. The van der Waals surface area contributed by atoms with E-state index in [2.05, 4.69) is 9.88 Å². The lowest BCUT2D eigenvalue weighted by Crippen LogP contribution is -2.48. The van der Waals surface area contributed by atoms with Crippen LogP contribution in [-0.2, 0) is 11.3 Å². The quantitative estimate of drug-likeness (QED) is 0.759. The molecule has 8 nitrogen and oxygen atoms in total. The second kappa shape index (κ2) is 8.39. The molecule has 0 atom stereocenters. The predicted molar refractivity (Wildman–Crippen MR) is 110 cm³/mol. The summed E-state index contributed by atoms with van der Waals surface area (Å²) in [5, 5.41) is 0. The Bertz CT molecular complexity index is 960. The molecular formula is C22H27N3O5. The van der Waals surface area contributed by atoms with Crippen LogP contribution in [-0.4, -0.2) is 66.2 Å². The first-order chi connectivity index (χ1) is 14.5. The molecule has 2 aromatic rings. The smallest absolute Gasteiger partial charge is 0.340 e. The van der Waals surface area contributed by atoms with Gasteiger partial charge in [-0.25, -0.2) is 4.79 Å². The van der Waals surface area contributed by atoms with E-state index in [1.807, 2.05) is 23.1 Å². The Balaban J connectivity index is 1.38. The zero-order valence-electron chi connectivity index (χ0n) is 17.6. The number of nitrogens with zero attached hydrogens (tertiary/aromatic N) is 2. The molecule has 0 bridgehead atoms. The van der Waals surface area contributed by atoms with Gasteiger partial charge in [0, 0.05) is 38.4 Å². The number of hydrogen-bond donors (Lipinski definition) is 1. The van der Waals surface area contributed by atoms with Gasteiger partial charge in [0.15, 0.2) is 11.5 Å². The molecule has 2 aliphatic rings. The van der Waals surface area contributed by atoms with Crippen LogP contribution in [0, 0.1) is 13.8 Å². The Morgan fingerprint density at radius 2 is 1.83 bits per heavy atom. The number of carbonyl (C=O) groups excluding carboxylic acids is 2. The summed E-state index contributed by atoms with van der Waals surface area (Å²) < 4.78 is 15.9. The zero-order valence-corrected chi connectivity index (χ0v) is 17.6. The van der Waals surface area contributed by atoms with Gasteiger partial charge < -0.3 is 24.1 Å². The van der Waals surface area contributed by atoms with Crippen LogP contribution in [0.2, 0.25) is 0 Å². The van der Waals surface area contributed by atoms with Crippen molar-refractivity contribution in [3.05, 3.63) is 46.3 Å². The first-order valence-electron chi connectivity index (χ1n) is 10.2. The molecule has 0 unspecified atom stereocenters. The number of nitrogens with one attached hydrogen (secondary N) is 1. The van der Waals surface area contributed by atoms with E-state index in [0.717, 1.165) is 36.7 Å². The van der Waals surface area contributed by atoms with Gasteiger partial charge >= 0.3 is 5.97 Å². The molecule has 2 aliphatic heterocycles. The number of fused-ring (bicyclic) bond motifs is 1. The largest absolute Gasteiger partial charge is 0.462 e. The first kappa shape index (κ1) is 20.3. The van der Waals surface area contributed by atoms with Crippen LogP contribution in [0.1, 0.15) is 44.6 Å². The van der Waals surface area contributed by atoms with E-state index in [0.29, 0.717) is 42.2 Å². The van der Waals surface area contributed by atoms with E-state index >= 15 is 0 Å². The number of ether oxygens (including phenoxy) is 3. The third-order valence-corrected chi connectivity index (χ3v) is 5.63. The minimum absolute atomic E-state index is 0.0751. The normalized spacial score (nSPS) is 16.0. The molecule has 1 amide bonds. The fourth-order valence-corrected chi connectivity index (χ4v) is 4.04. The van der Waals surface area contributed by atoms with Gasteiger partial charge in [0.05, 0.1) is 12.2 Å². The lowest BCUT2D eigenvalue weighted by Gasteiger charge is -2.34. The number of aromatic nitrogens is 1. The van der Waals surface area contributed by atoms with E-state index in [4.69, 9.17) is 14.2 Å². The predicted octanol–water partition coefficient (Wildman–Crippen LogP) is 2.49. The molecule has 8 heteroatoms. The average Bonchev–Trinajstić information content (AvgIpc) is 3.31. The number of piperazine rings is 1. The van der Waals surface area contributed by atoms with E-state index < -0.39 is 5.97 Å². The van der Waals surface area contributed by atoms with Crippen LogP contribution in [0.3, 0.4) is 0 Å². The van der Waals surface area contributed by atoms with Crippen molar-refractivity contribution in [2.24, 2.45) is 0 Å². The Hall–Kier alpha value is -3.00. The van der Waals surface area contributed by atoms with Gasteiger partial charge in [0.1, 0.15) is 5.69 Å². The number of hydrogen-bond acceptors (Lipinski definition) is 6. The summed E-state index contributed by atoms with van der Waals surface area (Å²) in [4.78, 5) is 32.5. The topological polar surface area (TPSA) is 84.1 Å². The highest BCUT2D eigenvalue weighted by atomic mass is 16.7. The molecule has 1 aromatic heterocycles. The van der Waals surface area contributed by atoms with Gasteiger partial charge in [0.25, 0.3) is 5.91 Å². The molecule has 1 fully saturated rings. The van der Waals surface area contributed by atoms with Crippen molar-refractivity contribution in [3.8, 4) is 11.5 Å². The van der Waals surface area contributed by atoms with Crippen molar-refractivity contribution in [2.75, 3.05) is 39.6 Å². The molecule has 1 N–H and O–H groups in total. The van der Waals surface area contributed by atoms with E-state index in [9.17, 15) is 9.59 Å². The highest BCUT2D eigenvalue weighted by molar-refractivity contribution is 6.00. The van der Waals surface area contributed by atoms with E-state index in [1.54, 1.807) is 20.8 Å². The molecule has 0 spiro atoms. The second-order valence-electron chi connectivity index (χ2n) is 7.60. The van der Waals surface area contributed by atoms with Crippen LogP contribution < -0.4 is 9.47 Å². The fourth-order valence-electron chi connectivity index (χ4n) is 4.04. The SMILES string of the molecule is CCOC(=O)c1c(C)[nH]c(C(=O)N2CCN(Cc3ccc4c(c3)OCO4)CC2)c1C. The van der Waals surface area contributed by atoms with E-state index in [-0.39, 0.29) is 12.7 Å². The highest BCUT2D eigenvalue weighted by Gasteiger charge is 2.28. The van der Waals surface area contributed by atoms with Gasteiger partial charge in [-0.05, 0) is 44.0 Å². The van der Waals surface area contributed by atoms with Crippen LogP contribution >= 0.6 is 0 Å². The Morgan fingerprint density at radius 1 is 1.10 bits per heavy atom. The summed E-state index contributed by atoms with van der Waals surface area (Å²) in [6.45, 7) is 9.56. The summed E-state index contributed by atoms with van der Waals surface area (Å²) in [6, 6.07) is 6.00. The maximum atomic E-state index is 13.1. The summed E-state index contributed by atoms with van der Waals surface area (Å²) in [7, 11) is 0. The molecule has 1 saturated heterocycles. The monoisotopic (exact) mass is 413 g/mol. The standard InChI is InChI=1S/C22H27N3O5/c1-4-28-22(27)19-14(2)20(23-15(19)3)21(26)25-9-7-24(8-10-25)12-16-5-6-17-18(11-16)30-13-29-17/h5-6,11,23H,4,7-10,12-13H2,1-3H3. The number of aryl methyl sites for hydroxylation is 1. The van der Waals surface area contributed by atoms with Crippen molar-refractivity contribution in [2.45, 2.75) is 27.3 Å². The summed E-state index contributed by atoms with van der Waals surface area (Å²) in [5.74, 6) is 1.11. The summed E-state index contributed by atoms with van der Waals surface area (Å²) in [5.41, 5.74) is 3.41. The zero-order chi connectivity index (χ0) is 21.3.